The summed E-state index contributed by atoms with van der Waals surface area (Å²) in [5, 5.41) is 13.2. The van der Waals surface area contributed by atoms with E-state index < -0.39 is 0 Å². The normalized spacial score (nSPS) is 9.89. The Balaban J connectivity index is 2.30. The molecule has 0 bridgehead atoms. The van der Waals surface area contributed by atoms with E-state index in [1.165, 1.54) is 0 Å². The first kappa shape index (κ1) is 6.15. The van der Waals surface area contributed by atoms with Crippen LogP contribution in [0.25, 0.3) is 0 Å². The smallest absolute Gasteiger partial charge is 0.176 e. The number of hydrogen-bond acceptors (Lipinski definition) is 4. The number of nitrogens with zero attached hydrogens (tertiary/aromatic N) is 3. The molecule has 5 heteroatoms. The van der Waals surface area contributed by atoms with Crippen LogP contribution in [0.5, 0.6) is 0 Å². The highest BCUT2D eigenvalue weighted by Crippen LogP contribution is 1.83. The van der Waals surface area contributed by atoms with Gasteiger partial charge in [-0.1, -0.05) is 5.21 Å². The Morgan fingerprint density at radius 3 is 3.11 bits per heavy atom. The minimum absolute atomic E-state index is 0.638. The molecule has 0 aromatic carbocycles. The molecular weight excluding hydrogens is 120 g/mol. The van der Waals surface area contributed by atoms with E-state index in [1.807, 2.05) is 0 Å². The molecule has 1 rings (SSSR count). The zero-order valence-electron chi connectivity index (χ0n) is 5.16. The van der Waals surface area contributed by atoms with Crippen LogP contribution in [0.4, 0.5) is 0 Å². The Hall–Kier alpha value is -0.970. The van der Waals surface area contributed by atoms with Crippen molar-refractivity contribution in [1.82, 2.24) is 20.6 Å². The average Bonchev–Trinajstić information content (AvgIpc) is 2.34. The Bertz CT molecular complexity index is 150. The van der Waals surface area contributed by atoms with Crippen molar-refractivity contribution in [3.8, 4) is 0 Å². The van der Waals surface area contributed by atoms with Gasteiger partial charge in [-0.15, -0.1) is 10.2 Å². The molecule has 1 heterocycles. The summed E-state index contributed by atoms with van der Waals surface area (Å²) in [6.07, 6.45) is 0.715. The van der Waals surface area contributed by atoms with Crippen molar-refractivity contribution in [1.29, 1.82) is 0 Å². The standard InChI is InChI=1S/C4H8N4O/c1-9-3-2-4-5-7-8-6-4/h2-3H2,1H3,(H,5,6,7,8). The summed E-state index contributed by atoms with van der Waals surface area (Å²) in [7, 11) is 1.64. The van der Waals surface area contributed by atoms with Gasteiger partial charge in [0, 0.05) is 13.5 Å². The van der Waals surface area contributed by atoms with E-state index in [2.05, 4.69) is 20.6 Å². The molecule has 0 saturated carbocycles. The molecule has 0 fully saturated rings. The number of rotatable bonds is 3. The molecule has 0 amide bonds. The van der Waals surface area contributed by atoms with Gasteiger partial charge in [0.25, 0.3) is 0 Å². The van der Waals surface area contributed by atoms with Gasteiger partial charge in [0.05, 0.1) is 6.61 Å². The molecule has 0 saturated heterocycles. The van der Waals surface area contributed by atoms with E-state index in [9.17, 15) is 0 Å². The van der Waals surface area contributed by atoms with Crippen LogP contribution in [0.2, 0.25) is 0 Å². The Morgan fingerprint density at radius 1 is 1.67 bits per heavy atom. The van der Waals surface area contributed by atoms with Crippen LogP contribution in [-0.4, -0.2) is 34.3 Å². The number of ether oxygens (including phenoxy) is 1. The number of aromatic nitrogens is 4. The van der Waals surface area contributed by atoms with Gasteiger partial charge in [-0.3, -0.25) is 0 Å². The highest BCUT2D eigenvalue weighted by atomic mass is 16.5. The number of hydrogen-bond donors (Lipinski definition) is 1. The van der Waals surface area contributed by atoms with E-state index in [0.717, 1.165) is 0 Å². The molecule has 1 aromatic rings. The van der Waals surface area contributed by atoms with Gasteiger partial charge >= 0.3 is 0 Å². The molecule has 9 heavy (non-hydrogen) atoms. The molecule has 0 aliphatic carbocycles. The summed E-state index contributed by atoms with van der Waals surface area (Å²) >= 11 is 0. The van der Waals surface area contributed by atoms with Gasteiger partial charge in [0.15, 0.2) is 5.82 Å². The molecule has 0 radical (unpaired) electrons. The quantitative estimate of drug-likeness (QED) is 0.589. The van der Waals surface area contributed by atoms with Crippen LogP contribution in [0.1, 0.15) is 5.82 Å². The third-order valence-corrected chi connectivity index (χ3v) is 0.919. The second-order valence-corrected chi connectivity index (χ2v) is 1.57. The second-order valence-electron chi connectivity index (χ2n) is 1.57. The number of tetrazole rings is 1. The van der Waals surface area contributed by atoms with E-state index in [4.69, 9.17) is 4.74 Å². The van der Waals surface area contributed by atoms with E-state index >= 15 is 0 Å². The van der Waals surface area contributed by atoms with Crippen molar-refractivity contribution in [2.75, 3.05) is 13.7 Å². The fraction of sp³-hybridized carbons (Fsp3) is 0.750. The number of nitrogens with one attached hydrogen (secondary N) is 1. The first-order valence-corrected chi connectivity index (χ1v) is 2.64. The molecular formula is C4H8N4O. The zero-order chi connectivity index (χ0) is 6.53. The Morgan fingerprint density at radius 2 is 2.56 bits per heavy atom. The maximum absolute atomic E-state index is 4.79. The lowest BCUT2D eigenvalue weighted by atomic mass is 10.4. The van der Waals surface area contributed by atoms with Gasteiger partial charge in [-0.05, 0) is 0 Å². The summed E-state index contributed by atoms with van der Waals surface area (Å²) in [6.45, 7) is 0.638. The Kier molecular flexibility index (Phi) is 2.14. The molecule has 0 aliphatic heterocycles. The van der Waals surface area contributed by atoms with Crippen LogP contribution < -0.4 is 0 Å². The molecule has 50 valence electrons. The van der Waals surface area contributed by atoms with Crippen LogP contribution in [0, 0.1) is 0 Å². The molecule has 1 N–H and O–H groups in total. The van der Waals surface area contributed by atoms with Gasteiger partial charge < -0.3 is 4.74 Å². The number of aromatic amines is 1. The van der Waals surface area contributed by atoms with Gasteiger partial charge in [-0.2, -0.15) is 5.21 Å². The maximum Gasteiger partial charge on any atom is 0.176 e. The van der Waals surface area contributed by atoms with Crippen molar-refractivity contribution < 1.29 is 4.74 Å². The van der Waals surface area contributed by atoms with Crippen molar-refractivity contribution in [3.05, 3.63) is 5.82 Å². The van der Waals surface area contributed by atoms with Crippen LogP contribution >= 0.6 is 0 Å². The summed E-state index contributed by atoms with van der Waals surface area (Å²) < 4.78 is 4.79. The van der Waals surface area contributed by atoms with Crippen molar-refractivity contribution in [2.24, 2.45) is 0 Å². The Labute approximate surface area is 52.4 Å². The lowest BCUT2D eigenvalue weighted by Crippen LogP contribution is -1.96. The van der Waals surface area contributed by atoms with Crippen LogP contribution in [-0.2, 0) is 11.2 Å². The van der Waals surface area contributed by atoms with E-state index in [1.54, 1.807) is 7.11 Å². The lowest BCUT2D eigenvalue weighted by Gasteiger charge is -1.89. The summed E-state index contributed by atoms with van der Waals surface area (Å²) in [5.41, 5.74) is 0. The van der Waals surface area contributed by atoms with Crippen molar-refractivity contribution >= 4 is 0 Å². The predicted octanol–water partition coefficient (Wildman–Crippen LogP) is -0.611. The van der Waals surface area contributed by atoms with Crippen molar-refractivity contribution in [2.45, 2.75) is 6.42 Å². The molecule has 0 unspecified atom stereocenters. The lowest BCUT2D eigenvalue weighted by molar-refractivity contribution is 0.200. The molecule has 0 atom stereocenters. The fourth-order valence-corrected chi connectivity index (χ4v) is 0.482. The summed E-state index contributed by atoms with van der Waals surface area (Å²) in [4.78, 5) is 0. The number of H-pyrrole nitrogens is 1. The fourth-order valence-electron chi connectivity index (χ4n) is 0.482. The van der Waals surface area contributed by atoms with E-state index in [0.29, 0.717) is 18.9 Å². The average molecular weight is 128 g/mol. The van der Waals surface area contributed by atoms with Gasteiger partial charge in [-0.25, -0.2) is 0 Å². The number of methoxy groups -OCH3 is 1. The first-order chi connectivity index (χ1) is 4.43. The molecule has 0 aliphatic rings. The van der Waals surface area contributed by atoms with Gasteiger partial charge in [0.1, 0.15) is 0 Å². The molecule has 0 spiro atoms. The summed E-state index contributed by atoms with van der Waals surface area (Å²) in [5.74, 6) is 0.692. The third-order valence-electron chi connectivity index (χ3n) is 0.919. The first-order valence-electron chi connectivity index (χ1n) is 2.64. The third kappa shape index (κ3) is 1.77. The van der Waals surface area contributed by atoms with Gasteiger partial charge in [0.2, 0.25) is 0 Å². The monoisotopic (exact) mass is 128 g/mol. The predicted molar refractivity (Wildman–Crippen MR) is 29.8 cm³/mol. The second kappa shape index (κ2) is 3.13. The topological polar surface area (TPSA) is 63.7 Å². The molecule has 5 nitrogen and oxygen atoms in total. The minimum atomic E-state index is 0.638. The highest BCUT2D eigenvalue weighted by molar-refractivity contribution is 4.74. The zero-order valence-corrected chi connectivity index (χ0v) is 5.16. The van der Waals surface area contributed by atoms with Crippen molar-refractivity contribution in [3.63, 3.8) is 0 Å². The maximum atomic E-state index is 4.79. The SMILES string of the molecule is COCCc1nn[nH]n1. The summed E-state index contributed by atoms with van der Waals surface area (Å²) in [6, 6.07) is 0. The van der Waals surface area contributed by atoms with Crippen LogP contribution in [0.3, 0.4) is 0 Å². The highest BCUT2D eigenvalue weighted by Gasteiger charge is 1.94. The van der Waals surface area contributed by atoms with Crippen LogP contribution in [0.15, 0.2) is 0 Å². The van der Waals surface area contributed by atoms with E-state index in [-0.39, 0.29) is 0 Å². The molecule has 1 aromatic heterocycles. The minimum Gasteiger partial charge on any atom is -0.384 e. The largest absolute Gasteiger partial charge is 0.384 e.